The molecule has 2 heterocycles. The van der Waals surface area contributed by atoms with Gasteiger partial charge in [-0.3, -0.25) is 9.36 Å². The first-order valence-electron chi connectivity index (χ1n) is 8.21. The molecule has 1 aliphatic carbocycles. The summed E-state index contributed by atoms with van der Waals surface area (Å²) in [6.45, 7) is 0. The highest BCUT2D eigenvalue weighted by Gasteiger charge is 2.40. The normalized spacial score (nSPS) is 24.7. The van der Waals surface area contributed by atoms with Gasteiger partial charge in [-0.2, -0.15) is 5.10 Å². The predicted molar refractivity (Wildman–Crippen MR) is 83.1 cm³/mol. The molecule has 2 aliphatic rings. The van der Waals surface area contributed by atoms with Gasteiger partial charge in [-0.1, -0.05) is 0 Å². The highest BCUT2D eigenvalue weighted by molar-refractivity contribution is 5.73. The number of rotatable bonds is 3. The molecule has 0 bridgehead atoms. The van der Waals surface area contributed by atoms with Gasteiger partial charge < -0.3 is 4.74 Å². The first-order valence-corrected chi connectivity index (χ1v) is 8.21. The molecule has 132 valence electrons. The minimum Gasteiger partial charge on any atom is -0.469 e. The molecule has 0 spiro atoms. The van der Waals surface area contributed by atoms with Crippen LogP contribution in [0.3, 0.4) is 0 Å². The van der Waals surface area contributed by atoms with E-state index in [0.29, 0.717) is 37.1 Å². The zero-order valence-electron chi connectivity index (χ0n) is 13.6. The lowest BCUT2D eigenvalue weighted by atomic mass is 9.80. The molecule has 1 aromatic heterocycles. The molecule has 1 fully saturated rings. The van der Waals surface area contributed by atoms with Gasteiger partial charge in [0, 0.05) is 12.5 Å². The average Bonchev–Trinajstić information content (AvgIpc) is 3.06. The lowest BCUT2D eigenvalue weighted by molar-refractivity contribution is -0.149. The second-order valence-electron chi connectivity index (χ2n) is 6.62. The smallest absolute Gasteiger partial charge is 0.346 e. The summed E-state index contributed by atoms with van der Waals surface area (Å²) in [7, 11) is 1.34. The van der Waals surface area contributed by atoms with Crippen molar-refractivity contribution in [1.29, 1.82) is 0 Å². The maximum absolute atomic E-state index is 13.5. The fourth-order valence-corrected chi connectivity index (χ4v) is 3.78. The number of methoxy groups -OCH3 is 1. The van der Waals surface area contributed by atoms with Crippen molar-refractivity contribution >= 4 is 5.97 Å². The van der Waals surface area contributed by atoms with E-state index in [2.05, 4.69) is 5.10 Å². The van der Waals surface area contributed by atoms with Crippen LogP contribution < -0.4 is 5.69 Å². The second-order valence-corrected chi connectivity index (χ2v) is 6.62. The number of hydrogen-bond donors (Lipinski definition) is 0. The summed E-state index contributed by atoms with van der Waals surface area (Å²) in [5, 5.41) is 4.38. The van der Waals surface area contributed by atoms with Crippen LogP contribution in [0.5, 0.6) is 0 Å². The number of hydrogen-bond acceptors (Lipinski definition) is 4. The Hall–Kier alpha value is -2.51. The maximum Gasteiger partial charge on any atom is 0.346 e. The Bertz CT molecular complexity index is 879. The van der Waals surface area contributed by atoms with Gasteiger partial charge >= 0.3 is 11.7 Å². The number of halogens is 2. The molecule has 1 saturated carbocycles. The van der Waals surface area contributed by atoms with Crippen LogP contribution in [0.1, 0.15) is 42.7 Å². The Balaban J connectivity index is 1.62. The van der Waals surface area contributed by atoms with Gasteiger partial charge in [0.1, 0.15) is 17.5 Å². The van der Waals surface area contributed by atoms with Crippen molar-refractivity contribution in [3.63, 3.8) is 0 Å². The van der Waals surface area contributed by atoms with Gasteiger partial charge in [0.15, 0.2) is 0 Å². The van der Waals surface area contributed by atoms with Gasteiger partial charge in [-0.05, 0) is 37.0 Å². The Labute approximate surface area is 142 Å². The fourth-order valence-electron chi connectivity index (χ4n) is 3.78. The van der Waals surface area contributed by atoms with Crippen molar-refractivity contribution in [3.05, 3.63) is 51.7 Å². The van der Waals surface area contributed by atoms with Crippen molar-refractivity contribution in [2.24, 2.45) is 5.92 Å². The number of carbonyl (C=O) groups is 1. The van der Waals surface area contributed by atoms with Gasteiger partial charge in [-0.15, -0.1) is 0 Å². The molecule has 0 N–H and O–H groups in total. The molecule has 1 atom stereocenters. The molecule has 2 aromatic rings. The molecule has 6 nitrogen and oxygen atoms in total. The highest BCUT2D eigenvalue weighted by atomic mass is 19.1. The number of fused-ring (bicyclic) bond motifs is 1. The second kappa shape index (κ2) is 5.79. The van der Waals surface area contributed by atoms with E-state index in [1.54, 1.807) is 0 Å². The molecular weight excluding hydrogens is 332 g/mol. The summed E-state index contributed by atoms with van der Waals surface area (Å²) < 4.78 is 34.6. The number of aromatic nitrogens is 3. The molecule has 8 heteroatoms. The van der Waals surface area contributed by atoms with E-state index in [4.69, 9.17) is 4.74 Å². The van der Waals surface area contributed by atoms with Gasteiger partial charge in [0.25, 0.3) is 0 Å². The summed E-state index contributed by atoms with van der Waals surface area (Å²) in [6.07, 6.45) is 2.18. The molecule has 0 amide bonds. The highest BCUT2D eigenvalue weighted by Crippen LogP contribution is 2.38. The Kier molecular flexibility index (Phi) is 3.70. The van der Waals surface area contributed by atoms with Crippen molar-refractivity contribution in [2.45, 2.75) is 37.8 Å². The number of carbonyl (C=O) groups excluding carboxylic acids is 1. The summed E-state index contributed by atoms with van der Waals surface area (Å²) >= 11 is 0. The van der Waals surface area contributed by atoms with Crippen molar-refractivity contribution in [3.8, 4) is 0 Å². The van der Waals surface area contributed by atoms with Crippen LogP contribution in [0.2, 0.25) is 0 Å². The van der Waals surface area contributed by atoms with E-state index in [0.717, 1.165) is 6.07 Å². The summed E-state index contributed by atoms with van der Waals surface area (Å²) in [5.74, 6) is -1.19. The predicted octanol–water partition coefficient (Wildman–Crippen LogP) is 1.98. The molecule has 1 aromatic carbocycles. The van der Waals surface area contributed by atoms with E-state index >= 15 is 0 Å². The third-order valence-corrected chi connectivity index (χ3v) is 5.12. The van der Waals surface area contributed by atoms with Gasteiger partial charge in [0.05, 0.1) is 25.1 Å². The molecule has 0 unspecified atom stereocenters. The van der Waals surface area contributed by atoms with E-state index in [-0.39, 0.29) is 23.6 Å². The lowest BCUT2D eigenvalue weighted by Crippen LogP contribution is -2.39. The molecule has 25 heavy (non-hydrogen) atoms. The summed E-state index contributed by atoms with van der Waals surface area (Å²) in [6, 6.07) is 2.76. The molecule has 0 saturated heterocycles. The first-order chi connectivity index (χ1) is 12.0. The molecule has 1 aliphatic heterocycles. The monoisotopic (exact) mass is 349 g/mol. The first kappa shape index (κ1) is 16.0. The molecule has 4 rings (SSSR count). The zero-order chi connectivity index (χ0) is 17.7. The Morgan fingerprint density at radius 1 is 1.24 bits per heavy atom. The standard InChI is InChI=1S/C17H17F2N3O3/c1-25-16(23)10-6-13(7-10)22-17(24)21-14(2-3-15(21)20-22)9-4-11(18)8-12(19)5-9/h4-5,8,10,13-14H,2-3,6-7H2,1H3/t10?,13?,14-/m0/s1. The number of esters is 1. The Morgan fingerprint density at radius 2 is 1.92 bits per heavy atom. The topological polar surface area (TPSA) is 66.1 Å². The Morgan fingerprint density at radius 3 is 2.56 bits per heavy atom. The van der Waals surface area contributed by atoms with Crippen LogP contribution >= 0.6 is 0 Å². The van der Waals surface area contributed by atoms with E-state index in [1.165, 1.54) is 28.5 Å². The third kappa shape index (κ3) is 2.56. The van der Waals surface area contributed by atoms with Gasteiger partial charge in [0.2, 0.25) is 0 Å². The molecule has 0 radical (unpaired) electrons. The number of ether oxygens (including phenoxy) is 1. The van der Waals surface area contributed by atoms with E-state index < -0.39 is 17.7 Å². The van der Waals surface area contributed by atoms with Crippen LogP contribution in [0.15, 0.2) is 23.0 Å². The van der Waals surface area contributed by atoms with Crippen molar-refractivity contribution in [1.82, 2.24) is 14.3 Å². The summed E-state index contributed by atoms with van der Waals surface area (Å²) in [4.78, 5) is 24.2. The van der Waals surface area contributed by atoms with Gasteiger partial charge in [-0.25, -0.2) is 18.3 Å². The van der Waals surface area contributed by atoms with E-state index in [1.807, 2.05) is 0 Å². The summed E-state index contributed by atoms with van der Waals surface area (Å²) in [5.41, 5.74) is 0.134. The van der Waals surface area contributed by atoms with Crippen LogP contribution in [0.25, 0.3) is 0 Å². The third-order valence-electron chi connectivity index (χ3n) is 5.12. The van der Waals surface area contributed by atoms with Crippen molar-refractivity contribution in [2.75, 3.05) is 7.11 Å². The van der Waals surface area contributed by atoms with Crippen LogP contribution in [0.4, 0.5) is 8.78 Å². The number of benzene rings is 1. The van der Waals surface area contributed by atoms with Crippen molar-refractivity contribution < 1.29 is 18.3 Å². The van der Waals surface area contributed by atoms with Crippen LogP contribution in [0, 0.1) is 17.6 Å². The average molecular weight is 349 g/mol. The SMILES string of the molecule is COC(=O)C1CC(n2nc3n(c2=O)[C@H](c2cc(F)cc(F)c2)CC3)C1. The minimum absolute atomic E-state index is 0.139. The van der Waals surface area contributed by atoms with Crippen LogP contribution in [-0.4, -0.2) is 27.4 Å². The maximum atomic E-state index is 13.5. The fraction of sp³-hybridized carbons (Fsp3) is 0.471. The quantitative estimate of drug-likeness (QED) is 0.795. The zero-order valence-corrected chi connectivity index (χ0v) is 13.6. The van der Waals surface area contributed by atoms with E-state index in [9.17, 15) is 18.4 Å². The number of nitrogens with zero attached hydrogens (tertiary/aromatic N) is 3. The molecular formula is C17H17F2N3O3. The lowest BCUT2D eigenvalue weighted by Gasteiger charge is -2.32. The van der Waals surface area contributed by atoms with Crippen LogP contribution in [-0.2, 0) is 16.0 Å². The largest absolute Gasteiger partial charge is 0.469 e. The number of aryl methyl sites for hydroxylation is 1. The minimum atomic E-state index is -0.663.